The Morgan fingerprint density at radius 1 is 1.19 bits per heavy atom. The fraction of sp³-hybridized carbons (Fsp3) is 0.375. The highest BCUT2D eigenvalue weighted by molar-refractivity contribution is 5.82. The second-order valence-corrected chi connectivity index (χ2v) is 5.42. The number of alkyl carbamates (subject to hydrolysis) is 1. The molecule has 0 aliphatic heterocycles. The van der Waals surface area contributed by atoms with Crippen molar-refractivity contribution in [2.75, 3.05) is 7.11 Å². The van der Waals surface area contributed by atoms with E-state index >= 15 is 0 Å². The Bertz CT molecular complexity index is 503. The van der Waals surface area contributed by atoms with Crippen molar-refractivity contribution in [3.05, 3.63) is 48.0 Å². The first-order valence-corrected chi connectivity index (χ1v) is 6.62. The summed E-state index contributed by atoms with van der Waals surface area (Å²) < 4.78 is 9.78. The maximum absolute atomic E-state index is 11.9. The average molecular weight is 291 g/mol. The molecule has 0 aliphatic carbocycles. The van der Waals surface area contributed by atoms with Crippen LogP contribution in [0.1, 0.15) is 32.4 Å². The van der Waals surface area contributed by atoms with Crippen LogP contribution in [-0.4, -0.2) is 24.8 Å². The van der Waals surface area contributed by atoms with Gasteiger partial charge < -0.3 is 14.8 Å². The maximum atomic E-state index is 11.9. The molecule has 5 nitrogen and oxygen atoms in total. The highest BCUT2D eigenvalue weighted by atomic mass is 16.6. The highest BCUT2D eigenvalue weighted by Gasteiger charge is 2.19. The van der Waals surface area contributed by atoms with Gasteiger partial charge in [0, 0.05) is 6.08 Å². The number of amides is 1. The van der Waals surface area contributed by atoms with E-state index in [2.05, 4.69) is 10.1 Å². The monoisotopic (exact) mass is 291 g/mol. The molecule has 0 saturated heterocycles. The first kappa shape index (κ1) is 16.8. The molecule has 0 aromatic heterocycles. The van der Waals surface area contributed by atoms with E-state index in [1.807, 2.05) is 30.3 Å². The number of rotatable bonds is 4. The third kappa shape index (κ3) is 6.61. The molecular formula is C16H21NO4. The smallest absolute Gasteiger partial charge is 0.408 e. The molecule has 0 spiro atoms. The van der Waals surface area contributed by atoms with E-state index in [1.165, 1.54) is 13.2 Å². The van der Waals surface area contributed by atoms with Crippen LogP contribution in [0.5, 0.6) is 0 Å². The number of hydrogen-bond acceptors (Lipinski definition) is 4. The van der Waals surface area contributed by atoms with Crippen LogP contribution >= 0.6 is 0 Å². The van der Waals surface area contributed by atoms with Gasteiger partial charge in [0.2, 0.25) is 0 Å². The number of ether oxygens (including phenoxy) is 2. The van der Waals surface area contributed by atoms with Crippen molar-refractivity contribution in [1.82, 2.24) is 5.32 Å². The first-order valence-electron chi connectivity index (χ1n) is 6.62. The minimum atomic E-state index is -0.586. The zero-order chi connectivity index (χ0) is 15.9. The summed E-state index contributed by atoms with van der Waals surface area (Å²) in [5, 5.41) is 2.71. The molecule has 1 atom stereocenters. The van der Waals surface area contributed by atoms with Crippen molar-refractivity contribution in [2.24, 2.45) is 0 Å². The second kappa shape index (κ2) is 7.47. The fourth-order valence-electron chi connectivity index (χ4n) is 1.58. The van der Waals surface area contributed by atoms with Gasteiger partial charge in [-0.1, -0.05) is 36.4 Å². The molecule has 5 heteroatoms. The highest BCUT2D eigenvalue weighted by Crippen LogP contribution is 2.16. The molecule has 0 bridgehead atoms. The molecular weight excluding hydrogens is 270 g/mol. The second-order valence-electron chi connectivity index (χ2n) is 5.42. The molecule has 114 valence electrons. The summed E-state index contributed by atoms with van der Waals surface area (Å²) >= 11 is 0. The first-order chi connectivity index (χ1) is 9.81. The zero-order valence-electron chi connectivity index (χ0n) is 12.8. The lowest BCUT2D eigenvalue weighted by Gasteiger charge is -2.22. The molecule has 0 heterocycles. The van der Waals surface area contributed by atoms with Crippen molar-refractivity contribution >= 4 is 12.1 Å². The molecule has 21 heavy (non-hydrogen) atoms. The van der Waals surface area contributed by atoms with Crippen molar-refractivity contribution in [1.29, 1.82) is 0 Å². The van der Waals surface area contributed by atoms with Crippen molar-refractivity contribution in [3.8, 4) is 0 Å². The minimum absolute atomic E-state index is 0.472. The van der Waals surface area contributed by atoms with Gasteiger partial charge in [-0.15, -0.1) is 0 Å². The minimum Gasteiger partial charge on any atom is -0.466 e. The predicted octanol–water partition coefficient (Wildman–Crippen LogP) is 2.98. The Labute approximate surface area is 124 Å². The zero-order valence-corrected chi connectivity index (χ0v) is 12.8. The van der Waals surface area contributed by atoms with Gasteiger partial charge in [-0.2, -0.15) is 0 Å². The van der Waals surface area contributed by atoms with Crippen molar-refractivity contribution in [2.45, 2.75) is 32.4 Å². The summed E-state index contributed by atoms with van der Waals surface area (Å²) in [5.41, 5.74) is 0.251. The van der Waals surface area contributed by atoms with E-state index in [0.29, 0.717) is 0 Å². The standard InChI is InChI=1S/C16H21NO4/c1-16(2,3)21-15(19)17-13(10-11-14(18)20-4)12-8-6-5-7-9-12/h5-11,13H,1-4H3,(H,17,19)/b11-10+/t13-/m1/s1. The van der Waals surface area contributed by atoms with Gasteiger partial charge in [0.05, 0.1) is 13.2 Å². The third-order valence-corrected chi connectivity index (χ3v) is 2.46. The number of nitrogens with one attached hydrogen (secondary N) is 1. The molecule has 1 N–H and O–H groups in total. The van der Waals surface area contributed by atoms with Crippen LogP contribution in [0.25, 0.3) is 0 Å². The molecule has 0 fully saturated rings. The van der Waals surface area contributed by atoms with Crippen molar-refractivity contribution in [3.63, 3.8) is 0 Å². The molecule has 0 unspecified atom stereocenters. The van der Waals surface area contributed by atoms with Gasteiger partial charge in [0.25, 0.3) is 0 Å². The van der Waals surface area contributed by atoms with Crippen LogP contribution in [0, 0.1) is 0 Å². The Morgan fingerprint density at radius 2 is 1.81 bits per heavy atom. The Balaban J connectivity index is 2.85. The molecule has 1 amide bonds. The molecule has 1 aromatic carbocycles. The molecule has 0 saturated carbocycles. The average Bonchev–Trinajstić information content (AvgIpc) is 2.42. The fourth-order valence-corrected chi connectivity index (χ4v) is 1.58. The van der Waals surface area contributed by atoms with Gasteiger partial charge in [-0.05, 0) is 26.3 Å². The third-order valence-electron chi connectivity index (χ3n) is 2.46. The van der Waals surface area contributed by atoms with Crippen LogP contribution in [-0.2, 0) is 14.3 Å². The van der Waals surface area contributed by atoms with E-state index in [-0.39, 0.29) is 0 Å². The van der Waals surface area contributed by atoms with E-state index in [1.54, 1.807) is 26.8 Å². The molecule has 0 radical (unpaired) electrons. The summed E-state index contributed by atoms with van der Waals surface area (Å²) in [4.78, 5) is 23.1. The number of benzene rings is 1. The number of hydrogen-bond donors (Lipinski definition) is 1. The van der Waals surface area contributed by atoms with Gasteiger partial charge in [0.1, 0.15) is 5.60 Å². The number of carbonyl (C=O) groups is 2. The van der Waals surface area contributed by atoms with Gasteiger partial charge in [-0.25, -0.2) is 9.59 Å². The molecule has 1 rings (SSSR count). The van der Waals surface area contributed by atoms with Gasteiger partial charge >= 0.3 is 12.1 Å². The lowest BCUT2D eigenvalue weighted by molar-refractivity contribution is -0.134. The van der Waals surface area contributed by atoms with Crippen LogP contribution in [0.4, 0.5) is 4.79 Å². The Kier molecular flexibility index (Phi) is 5.96. The van der Waals surface area contributed by atoms with Gasteiger partial charge in [-0.3, -0.25) is 0 Å². The summed E-state index contributed by atoms with van der Waals surface area (Å²) in [6.45, 7) is 5.36. The van der Waals surface area contributed by atoms with E-state index in [9.17, 15) is 9.59 Å². The lowest BCUT2D eigenvalue weighted by Crippen LogP contribution is -2.34. The predicted molar refractivity (Wildman–Crippen MR) is 79.7 cm³/mol. The van der Waals surface area contributed by atoms with Crippen molar-refractivity contribution < 1.29 is 19.1 Å². The summed E-state index contributed by atoms with van der Waals surface area (Å²) in [7, 11) is 1.30. The lowest BCUT2D eigenvalue weighted by atomic mass is 10.1. The normalized spacial score (nSPS) is 12.8. The number of esters is 1. The van der Waals surface area contributed by atoms with E-state index < -0.39 is 23.7 Å². The van der Waals surface area contributed by atoms with E-state index in [4.69, 9.17) is 4.74 Å². The summed E-state index contributed by atoms with van der Waals surface area (Å²) in [5.74, 6) is -0.484. The van der Waals surface area contributed by atoms with Gasteiger partial charge in [0.15, 0.2) is 0 Å². The Hall–Kier alpha value is -2.30. The summed E-state index contributed by atoms with van der Waals surface area (Å²) in [6, 6.07) is 8.81. The quantitative estimate of drug-likeness (QED) is 0.684. The van der Waals surface area contributed by atoms with Crippen LogP contribution in [0.2, 0.25) is 0 Å². The van der Waals surface area contributed by atoms with E-state index in [0.717, 1.165) is 5.56 Å². The van der Waals surface area contributed by atoms with Crippen LogP contribution < -0.4 is 5.32 Å². The largest absolute Gasteiger partial charge is 0.466 e. The maximum Gasteiger partial charge on any atom is 0.408 e. The number of methoxy groups -OCH3 is 1. The summed E-state index contributed by atoms with van der Waals surface area (Å²) in [6.07, 6.45) is 2.28. The molecule has 0 aliphatic rings. The number of carbonyl (C=O) groups excluding carboxylic acids is 2. The van der Waals surface area contributed by atoms with Crippen LogP contribution in [0.3, 0.4) is 0 Å². The Morgan fingerprint density at radius 3 is 2.33 bits per heavy atom. The van der Waals surface area contributed by atoms with Crippen LogP contribution in [0.15, 0.2) is 42.5 Å². The SMILES string of the molecule is COC(=O)/C=C/[C@@H](NC(=O)OC(C)(C)C)c1ccccc1. The topological polar surface area (TPSA) is 64.6 Å². The molecule has 1 aromatic rings.